The van der Waals surface area contributed by atoms with E-state index >= 15 is 0 Å². The number of piperidine rings is 1. The first-order valence-corrected chi connectivity index (χ1v) is 6.46. The Hall–Kier alpha value is -2.12. The summed E-state index contributed by atoms with van der Waals surface area (Å²) in [5.74, 6) is -2.82. The highest BCUT2D eigenvalue weighted by Crippen LogP contribution is 2.24. The molecule has 1 aliphatic rings. The summed E-state index contributed by atoms with van der Waals surface area (Å²) in [6, 6.07) is -0.798. The molecule has 1 aliphatic heterocycles. The first kappa shape index (κ1) is 16.9. The summed E-state index contributed by atoms with van der Waals surface area (Å²) >= 11 is 0. The van der Waals surface area contributed by atoms with E-state index in [1.54, 1.807) is 0 Å². The highest BCUT2D eigenvalue weighted by atomic mass is 16.5. The van der Waals surface area contributed by atoms with Crippen molar-refractivity contribution in [3.63, 3.8) is 0 Å². The second-order valence-electron chi connectivity index (χ2n) is 4.64. The molecule has 1 heterocycles. The van der Waals surface area contributed by atoms with Crippen molar-refractivity contribution in [1.29, 1.82) is 0 Å². The summed E-state index contributed by atoms with van der Waals surface area (Å²) in [7, 11) is 3.65. The zero-order valence-electron chi connectivity index (χ0n) is 12.3. The van der Waals surface area contributed by atoms with Gasteiger partial charge in [-0.15, -0.1) is 0 Å². The van der Waals surface area contributed by atoms with Crippen LogP contribution in [0.3, 0.4) is 0 Å². The zero-order chi connectivity index (χ0) is 16.0. The van der Waals surface area contributed by atoms with Gasteiger partial charge >= 0.3 is 17.9 Å². The van der Waals surface area contributed by atoms with E-state index in [1.807, 2.05) is 0 Å². The molecule has 1 amide bonds. The Morgan fingerprint density at radius 1 is 0.952 bits per heavy atom. The maximum Gasteiger partial charge on any atom is 0.328 e. The van der Waals surface area contributed by atoms with Crippen LogP contribution in [0.25, 0.3) is 0 Å². The van der Waals surface area contributed by atoms with Crippen LogP contribution < -0.4 is 0 Å². The van der Waals surface area contributed by atoms with Gasteiger partial charge in [0, 0.05) is 6.54 Å². The Kier molecular flexibility index (Phi) is 6.13. The Bertz CT molecular complexity index is 434. The molecular formula is C13H19NO7. The van der Waals surface area contributed by atoms with Gasteiger partial charge in [-0.3, -0.25) is 14.4 Å². The monoisotopic (exact) mass is 301 g/mol. The summed E-state index contributed by atoms with van der Waals surface area (Å²) in [5.41, 5.74) is 0. The van der Waals surface area contributed by atoms with Crippen LogP contribution in [0.15, 0.2) is 0 Å². The van der Waals surface area contributed by atoms with Gasteiger partial charge in [-0.1, -0.05) is 0 Å². The van der Waals surface area contributed by atoms with Crippen molar-refractivity contribution in [3.8, 4) is 0 Å². The molecule has 0 aromatic rings. The van der Waals surface area contributed by atoms with Gasteiger partial charge in [0.25, 0.3) is 0 Å². The van der Waals surface area contributed by atoms with Gasteiger partial charge in [-0.25, -0.2) is 4.79 Å². The van der Waals surface area contributed by atoms with E-state index in [2.05, 4.69) is 14.2 Å². The molecule has 1 saturated heterocycles. The molecule has 0 aliphatic carbocycles. The molecule has 0 saturated carbocycles. The number of hydrogen-bond donors (Lipinski definition) is 0. The summed E-state index contributed by atoms with van der Waals surface area (Å²) in [4.78, 5) is 47.8. The molecule has 1 rings (SSSR count). The number of ether oxygens (including phenoxy) is 3. The average Bonchev–Trinajstić information content (AvgIpc) is 2.52. The standard InChI is InChI=1S/C13H19NO7/c1-19-11(16)6-10(15)14-7-8(12(17)20-2)4-5-9(14)13(18)21-3/h8-9H,4-7H2,1-3H3/t8-,9-/m0/s1. The van der Waals surface area contributed by atoms with Crippen molar-refractivity contribution in [1.82, 2.24) is 4.90 Å². The quantitative estimate of drug-likeness (QED) is 0.392. The number of esters is 3. The summed E-state index contributed by atoms with van der Waals surface area (Å²) < 4.78 is 13.8. The van der Waals surface area contributed by atoms with Gasteiger partial charge in [0.2, 0.25) is 5.91 Å². The van der Waals surface area contributed by atoms with E-state index in [-0.39, 0.29) is 13.0 Å². The first-order chi connectivity index (χ1) is 9.94. The van der Waals surface area contributed by atoms with Crippen LogP contribution >= 0.6 is 0 Å². The van der Waals surface area contributed by atoms with E-state index in [4.69, 9.17) is 0 Å². The molecule has 1 fully saturated rings. The zero-order valence-corrected chi connectivity index (χ0v) is 12.3. The predicted octanol–water partition coefficient (Wildman–Crippen LogP) is -0.497. The Morgan fingerprint density at radius 3 is 2.10 bits per heavy atom. The van der Waals surface area contributed by atoms with Gasteiger partial charge < -0.3 is 19.1 Å². The molecule has 0 aromatic carbocycles. The summed E-state index contributed by atoms with van der Waals surface area (Å²) in [6.45, 7) is 0.0161. The van der Waals surface area contributed by atoms with E-state index in [0.29, 0.717) is 6.42 Å². The van der Waals surface area contributed by atoms with Gasteiger partial charge in [0.05, 0.1) is 27.2 Å². The predicted molar refractivity (Wildman–Crippen MR) is 68.9 cm³/mol. The first-order valence-electron chi connectivity index (χ1n) is 6.46. The van der Waals surface area contributed by atoms with Crippen molar-refractivity contribution in [3.05, 3.63) is 0 Å². The lowest BCUT2D eigenvalue weighted by atomic mass is 9.92. The highest BCUT2D eigenvalue weighted by Gasteiger charge is 2.39. The SMILES string of the molecule is COC(=O)CC(=O)N1C[C@@H](C(=O)OC)CC[C@H]1C(=O)OC. The van der Waals surface area contributed by atoms with Crippen LogP contribution in [-0.2, 0) is 33.4 Å². The van der Waals surface area contributed by atoms with Crippen LogP contribution in [0.4, 0.5) is 0 Å². The van der Waals surface area contributed by atoms with E-state index in [9.17, 15) is 19.2 Å². The number of carbonyl (C=O) groups is 4. The van der Waals surface area contributed by atoms with E-state index < -0.39 is 42.2 Å². The third-order valence-corrected chi connectivity index (χ3v) is 3.43. The minimum atomic E-state index is -0.798. The highest BCUT2D eigenvalue weighted by molar-refractivity contribution is 5.96. The number of carbonyl (C=O) groups excluding carboxylic acids is 4. The fourth-order valence-corrected chi connectivity index (χ4v) is 2.28. The Balaban J connectivity index is 2.87. The second kappa shape index (κ2) is 7.61. The van der Waals surface area contributed by atoms with Crippen molar-refractivity contribution in [2.75, 3.05) is 27.9 Å². The Morgan fingerprint density at radius 2 is 1.57 bits per heavy atom. The third-order valence-electron chi connectivity index (χ3n) is 3.43. The van der Waals surface area contributed by atoms with Crippen LogP contribution in [0.2, 0.25) is 0 Å². The lowest BCUT2D eigenvalue weighted by Crippen LogP contribution is -2.52. The molecular weight excluding hydrogens is 282 g/mol. The largest absolute Gasteiger partial charge is 0.469 e. The van der Waals surface area contributed by atoms with Crippen LogP contribution in [-0.4, -0.2) is 62.6 Å². The van der Waals surface area contributed by atoms with E-state index in [0.717, 1.165) is 0 Å². The number of nitrogens with zero attached hydrogens (tertiary/aromatic N) is 1. The molecule has 2 atom stereocenters. The van der Waals surface area contributed by atoms with Crippen molar-refractivity contribution < 1.29 is 33.4 Å². The second-order valence-corrected chi connectivity index (χ2v) is 4.64. The van der Waals surface area contributed by atoms with Crippen LogP contribution in [0.5, 0.6) is 0 Å². The lowest BCUT2D eigenvalue weighted by molar-refractivity contribution is -0.162. The fourth-order valence-electron chi connectivity index (χ4n) is 2.28. The van der Waals surface area contributed by atoms with Crippen molar-refractivity contribution >= 4 is 23.8 Å². The fraction of sp³-hybridized carbons (Fsp3) is 0.692. The maximum atomic E-state index is 12.1. The molecule has 118 valence electrons. The summed E-state index contributed by atoms with van der Waals surface area (Å²) in [6.07, 6.45) is 0.200. The molecule has 0 spiro atoms. The minimum Gasteiger partial charge on any atom is -0.469 e. The molecule has 0 aromatic heterocycles. The maximum absolute atomic E-state index is 12.1. The molecule has 21 heavy (non-hydrogen) atoms. The van der Waals surface area contributed by atoms with Crippen LogP contribution in [0.1, 0.15) is 19.3 Å². The summed E-state index contributed by atoms with van der Waals surface area (Å²) in [5, 5.41) is 0. The number of methoxy groups -OCH3 is 3. The van der Waals surface area contributed by atoms with Crippen molar-refractivity contribution in [2.24, 2.45) is 5.92 Å². The van der Waals surface area contributed by atoms with Crippen molar-refractivity contribution in [2.45, 2.75) is 25.3 Å². The number of amides is 1. The smallest absolute Gasteiger partial charge is 0.328 e. The van der Waals surface area contributed by atoms with Gasteiger partial charge in [-0.2, -0.15) is 0 Å². The lowest BCUT2D eigenvalue weighted by Gasteiger charge is -2.36. The Labute approximate surface area is 122 Å². The van der Waals surface area contributed by atoms with E-state index in [1.165, 1.54) is 26.2 Å². The molecule has 0 bridgehead atoms. The van der Waals surface area contributed by atoms with Gasteiger partial charge in [0.1, 0.15) is 12.5 Å². The van der Waals surface area contributed by atoms with Gasteiger partial charge in [0.15, 0.2) is 0 Å². The molecule has 0 radical (unpaired) electrons. The van der Waals surface area contributed by atoms with Crippen LogP contribution in [0, 0.1) is 5.92 Å². The number of hydrogen-bond acceptors (Lipinski definition) is 7. The number of likely N-dealkylation sites (tertiary alicyclic amines) is 1. The average molecular weight is 301 g/mol. The third kappa shape index (κ3) is 4.17. The van der Waals surface area contributed by atoms with Gasteiger partial charge in [-0.05, 0) is 12.8 Å². The molecule has 8 heteroatoms. The molecule has 8 nitrogen and oxygen atoms in total. The molecule has 0 N–H and O–H groups in total. The number of rotatable bonds is 4. The topological polar surface area (TPSA) is 99.2 Å². The molecule has 0 unspecified atom stereocenters. The normalized spacial score (nSPS) is 21.4. The minimum absolute atomic E-state index is 0.0161.